The monoisotopic (exact) mass is 323 g/mol. The first kappa shape index (κ1) is 16.4. The molecule has 7 nitrogen and oxygen atoms in total. The van der Waals surface area contributed by atoms with Crippen LogP contribution in [0, 0.1) is 0 Å². The van der Waals surface area contributed by atoms with Gasteiger partial charge in [0.05, 0.1) is 5.60 Å². The molecule has 0 N–H and O–H groups in total. The van der Waals surface area contributed by atoms with Crippen LogP contribution in [0.1, 0.15) is 44.3 Å². The number of hydrogen-bond acceptors (Lipinski definition) is 6. The van der Waals surface area contributed by atoms with Gasteiger partial charge >= 0.3 is 0 Å². The molecule has 0 unspecified atom stereocenters. The van der Waals surface area contributed by atoms with Crippen molar-refractivity contribution in [2.75, 3.05) is 26.8 Å². The molecule has 0 radical (unpaired) electrons. The molecule has 1 spiro atoms. The Morgan fingerprint density at radius 3 is 3.00 bits per heavy atom. The second-order valence-corrected chi connectivity index (χ2v) is 6.29. The zero-order valence-electron chi connectivity index (χ0n) is 13.9. The van der Waals surface area contributed by atoms with Gasteiger partial charge in [-0.2, -0.15) is 4.98 Å². The van der Waals surface area contributed by atoms with Crippen LogP contribution in [-0.4, -0.2) is 59.5 Å². The Morgan fingerprint density at radius 2 is 2.35 bits per heavy atom. The second-order valence-electron chi connectivity index (χ2n) is 6.29. The molecule has 1 aromatic heterocycles. The van der Waals surface area contributed by atoms with E-state index in [2.05, 4.69) is 10.1 Å². The first-order valence-electron chi connectivity index (χ1n) is 8.43. The minimum Gasteiger partial charge on any atom is -0.377 e. The van der Waals surface area contributed by atoms with Gasteiger partial charge in [-0.25, -0.2) is 0 Å². The van der Waals surface area contributed by atoms with Gasteiger partial charge in [-0.1, -0.05) is 12.1 Å². The average Bonchev–Trinajstić information content (AvgIpc) is 3.23. The van der Waals surface area contributed by atoms with Gasteiger partial charge in [-0.05, 0) is 19.3 Å². The van der Waals surface area contributed by atoms with Crippen LogP contribution in [0.5, 0.6) is 0 Å². The highest BCUT2D eigenvalue weighted by Crippen LogP contribution is 2.37. The molecule has 1 aromatic rings. The van der Waals surface area contributed by atoms with Crippen molar-refractivity contribution in [1.29, 1.82) is 0 Å². The van der Waals surface area contributed by atoms with Gasteiger partial charge in [0.25, 0.3) is 0 Å². The normalized spacial score (nSPS) is 27.7. The lowest BCUT2D eigenvalue weighted by molar-refractivity contribution is -0.158. The molecule has 23 heavy (non-hydrogen) atoms. The van der Waals surface area contributed by atoms with Gasteiger partial charge in [-0.15, -0.1) is 0 Å². The highest BCUT2D eigenvalue weighted by molar-refractivity contribution is 5.76. The second kappa shape index (κ2) is 6.97. The van der Waals surface area contributed by atoms with E-state index < -0.39 is 0 Å². The Balaban J connectivity index is 1.54. The number of piperidine rings is 1. The van der Waals surface area contributed by atoms with Gasteiger partial charge in [0.1, 0.15) is 6.10 Å². The highest BCUT2D eigenvalue weighted by Gasteiger charge is 2.47. The third-order valence-corrected chi connectivity index (χ3v) is 4.93. The van der Waals surface area contributed by atoms with E-state index in [4.69, 9.17) is 14.0 Å². The lowest BCUT2D eigenvalue weighted by Gasteiger charge is -2.44. The van der Waals surface area contributed by atoms with Crippen molar-refractivity contribution in [3.05, 3.63) is 11.7 Å². The number of nitrogens with zero attached hydrogens (tertiary/aromatic N) is 3. The third kappa shape index (κ3) is 3.40. The van der Waals surface area contributed by atoms with E-state index in [-0.39, 0.29) is 17.6 Å². The maximum Gasteiger partial charge on any atom is 0.227 e. The Labute approximate surface area is 136 Å². The molecule has 2 aliphatic rings. The van der Waals surface area contributed by atoms with Crippen molar-refractivity contribution in [2.45, 2.75) is 57.2 Å². The SMILES string of the molecule is CCc1noc(CCC(=O)N2CC[C@@]3(CCCO3)[C@@H](OC)C2)n1. The maximum atomic E-state index is 12.5. The van der Waals surface area contributed by atoms with E-state index in [1.54, 1.807) is 7.11 Å². The van der Waals surface area contributed by atoms with Crippen LogP contribution in [0.4, 0.5) is 0 Å². The summed E-state index contributed by atoms with van der Waals surface area (Å²) < 4.78 is 16.7. The summed E-state index contributed by atoms with van der Waals surface area (Å²) in [5.41, 5.74) is -0.186. The number of methoxy groups -OCH3 is 1. The molecule has 2 aliphatic heterocycles. The van der Waals surface area contributed by atoms with Gasteiger partial charge < -0.3 is 18.9 Å². The summed E-state index contributed by atoms with van der Waals surface area (Å²) >= 11 is 0. The van der Waals surface area contributed by atoms with Gasteiger partial charge in [0.2, 0.25) is 11.8 Å². The van der Waals surface area contributed by atoms with Crippen LogP contribution < -0.4 is 0 Å². The molecule has 3 rings (SSSR count). The molecule has 2 fully saturated rings. The van der Waals surface area contributed by atoms with E-state index in [9.17, 15) is 4.79 Å². The Kier molecular flexibility index (Phi) is 4.96. The number of aryl methyl sites for hydroxylation is 2. The molecular formula is C16H25N3O4. The van der Waals surface area contributed by atoms with Gasteiger partial charge in [0, 0.05) is 46.1 Å². The molecular weight excluding hydrogens is 298 g/mol. The van der Waals surface area contributed by atoms with E-state index in [0.717, 1.165) is 38.8 Å². The van der Waals surface area contributed by atoms with Crippen molar-refractivity contribution in [1.82, 2.24) is 15.0 Å². The van der Waals surface area contributed by atoms with Crippen LogP contribution in [0.2, 0.25) is 0 Å². The summed E-state index contributed by atoms with van der Waals surface area (Å²) in [5.74, 6) is 1.33. The van der Waals surface area contributed by atoms with Gasteiger partial charge in [-0.3, -0.25) is 4.79 Å². The van der Waals surface area contributed by atoms with Crippen molar-refractivity contribution in [3.63, 3.8) is 0 Å². The number of carbonyl (C=O) groups is 1. The summed E-state index contributed by atoms with van der Waals surface area (Å²) in [6, 6.07) is 0. The average molecular weight is 323 g/mol. The topological polar surface area (TPSA) is 77.7 Å². The third-order valence-electron chi connectivity index (χ3n) is 4.93. The smallest absolute Gasteiger partial charge is 0.227 e. The molecule has 0 aromatic carbocycles. The standard InChI is InChI=1S/C16H25N3O4/c1-3-13-17-14(23-18-13)5-6-15(20)19-9-8-16(7-4-10-22-16)12(11-19)21-2/h12H,3-11H2,1-2H3/t12-,16-/m0/s1. The number of rotatable bonds is 5. The fourth-order valence-electron chi connectivity index (χ4n) is 3.54. The molecule has 0 saturated carbocycles. The molecule has 3 heterocycles. The fraction of sp³-hybridized carbons (Fsp3) is 0.812. The Morgan fingerprint density at radius 1 is 1.48 bits per heavy atom. The minimum atomic E-state index is -0.186. The largest absolute Gasteiger partial charge is 0.377 e. The van der Waals surface area contributed by atoms with Crippen LogP contribution in [0.3, 0.4) is 0 Å². The van der Waals surface area contributed by atoms with E-state index in [1.807, 2.05) is 11.8 Å². The number of ether oxygens (including phenoxy) is 2. The number of aromatic nitrogens is 2. The summed E-state index contributed by atoms with van der Waals surface area (Å²) in [7, 11) is 1.70. The quantitative estimate of drug-likeness (QED) is 0.814. The first-order chi connectivity index (χ1) is 11.2. The summed E-state index contributed by atoms with van der Waals surface area (Å²) in [6.07, 6.45) is 4.51. The molecule has 1 amide bonds. The van der Waals surface area contributed by atoms with E-state index in [1.165, 1.54) is 0 Å². The van der Waals surface area contributed by atoms with Crippen molar-refractivity contribution in [3.8, 4) is 0 Å². The number of carbonyl (C=O) groups excluding carboxylic acids is 1. The molecule has 128 valence electrons. The lowest BCUT2D eigenvalue weighted by Crippen LogP contribution is -2.57. The van der Waals surface area contributed by atoms with Crippen LogP contribution in [-0.2, 0) is 27.1 Å². The summed E-state index contributed by atoms with van der Waals surface area (Å²) in [6.45, 7) is 4.09. The summed E-state index contributed by atoms with van der Waals surface area (Å²) in [4.78, 5) is 18.6. The van der Waals surface area contributed by atoms with Crippen LogP contribution >= 0.6 is 0 Å². The number of amides is 1. The Bertz CT molecular complexity index is 539. The predicted molar refractivity (Wildman–Crippen MR) is 81.9 cm³/mol. The number of hydrogen-bond donors (Lipinski definition) is 0. The van der Waals surface area contributed by atoms with Crippen molar-refractivity contribution in [2.24, 2.45) is 0 Å². The molecule has 2 saturated heterocycles. The zero-order chi connectivity index (χ0) is 16.3. The summed E-state index contributed by atoms with van der Waals surface area (Å²) in [5, 5.41) is 3.85. The highest BCUT2D eigenvalue weighted by atomic mass is 16.6. The zero-order valence-corrected chi connectivity index (χ0v) is 13.9. The van der Waals surface area contributed by atoms with Crippen molar-refractivity contribution >= 4 is 5.91 Å². The maximum absolute atomic E-state index is 12.5. The first-order valence-corrected chi connectivity index (χ1v) is 8.43. The number of likely N-dealkylation sites (tertiary alicyclic amines) is 1. The molecule has 2 atom stereocenters. The minimum absolute atomic E-state index is 0.0437. The fourth-order valence-corrected chi connectivity index (χ4v) is 3.54. The van der Waals surface area contributed by atoms with Gasteiger partial charge in [0.15, 0.2) is 5.82 Å². The van der Waals surface area contributed by atoms with Crippen LogP contribution in [0.25, 0.3) is 0 Å². The molecule has 0 aliphatic carbocycles. The molecule has 7 heteroatoms. The van der Waals surface area contributed by atoms with E-state index >= 15 is 0 Å². The molecule has 0 bridgehead atoms. The van der Waals surface area contributed by atoms with Crippen molar-refractivity contribution < 1.29 is 18.8 Å². The van der Waals surface area contributed by atoms with E-state index in [0.29, 0.717) is 31.1 Å². The lowest BCUT2D eigenvalue weighted by atomic mass is 9.85. The predicted octanol–water partition coefficient (Wildman–Crippen LogP) is 1.36. The Hall–Kier alpha value is -1.47. The van der Waals surface area contributed by atoms with Crippen LogP contribution in [0.15, 0.2) is 4.52 Å².